The molecule has 0 aromatic rings. The van der Waals surface area contributed by atoms with Crippen molar-refractivity contribution in [3.8, 4) is 0 Å². The monoisotopic (exact) mass is 634 g/mol. The fourth-order valence-corrected chi connectivity index (χ4v) is 5.75. The summed E-state index contributed by atoms with van der Waals surface area (Å²) in [5.41, 5.74) is 0.0973. The number of nitrogens with one attached hydrogen (secondary N) is 2. The molecule has 9 heteroatoms. The Morgan fingerprint density at radius 1 is 0.800 bits per heavy atom. The molecule has 0 spiro atoms. The number of amides is 2. The third kappa shape index (κ3) is 19.4. The first-order valence-corrected chi connectivity index (χ1v) is 17.7. The van der Waals surface area contributed by atoms with Crippen LogP contribution >= 0.6 is 0 Å². The quantitative estimate of drug-likeness (QED) is 0.0516. The van der Waals surface area contributed by atoms with Crippen molar-refractivity contribution in [3.05, 3.63) is 23.8 Å². The molecular formula is C36H62N2O7. The summed E-state index contributed by atoms with van der Waals surface area (Å²) in [7, 11) is 0. The molecule has 2 amide bonds. The summed E-state index contributed by atoms with van der Waals surface area (Å²) in [5, 5.41) is 15.2. The number of rotatable bonds is 26. The Hall–Kier alpha value is -2.68. The highest BCUT2D eigenvalue weighted by Gasteiger charge is 2.38. The van der Waals surface area contributed by atoms with E-state index >= 15 is 0 Å². The predicted octanol–water partition coefficient (Wildman–Crippen LogP) is 7.33. The minimum atomic E-state index is -1.11. The molecule has 0 aliphatic heterocycles. The number of ether oxygens (including phenoxy) is 2. The zero-order valence-corrected chi connectivity index (χ0v) is 28.6. The zero-order valence-electron chi connectivity index (χ0n) is 28.6. The molecule has 3 atom stereocenters. The van der Waals surface area contributed by atoms with Crippen molar-refractivity contribution in [2.24, 2.45) is 0 Å². The first kappa shape index (κ1) is 40.3. The fraction of sp³-hybridized carbons (Fsp3) is 0.778. The van der Waals surface area contributed by atoms with Gasteiger partial charge < -0.3 is 25.2 Å². The summed E-state index contributed by atoms with van der Waals surface area (Å²) in [6, 6.07) is -1.40. The van der Waals surface area contributed by atoms with Crippen LogP contribution in [0.1, 0.15) is 150 Å². The molecule has 258 valence electrons. The summed E-state index contributed by atoms with van der Waals surface area (Å²) in [6.45, 7) is 7.86. The molecule has 0 bridgehead atoms. The van der Waals surface area contributed by atoms with Gasteiger partial charge in [0.1, 0.15) is 0 Å². The van der Waals surface area contributed by atoms with Gasteiger partial charge in [0.2, 0.25) is 11.8 Å². The highest BCUT2D eigenvalue weighted by molar-refractivity contribution is 5.95. The average Bonchev–Trinajstić information content (AvgIpc) is 3.01. The van der Waals surface area contributed by atoms with Crippen LogP contribution in [0.15, 0.2) is 23.8 Å². The van der Waals surface area contributed by atoms with Crippen molar-refractivity contribution < 1.29 is 33.8 Å². The highest BCUT2D eigenvalue weighted by Crippen LogP contribution is 2.25. The van der Waals surface area contributed by atoms with Gasteiger partial charge in [0.15, 0.2) is 0 Å². The molecule has 1 aliphatic rings. The van der Waals surface area contributed by atoms with E-state index in [4.69, 9.17) is 9.47 Å². The molecule has 9 nitrogen and oxygen atoms in total. The van der Waals surface area contributed by atoms with E-state index in [-0.39, 0.29) is 24.0 Å². The lowest BCUT2D eigenvalue weighted by Gasteiger charge is -2.38. The SMILES string of the molecule is CCCCCCCCCCCCCCCCCCOC(=O)/C=C/C(=O)N[C@@H]1CC(C(=O)O)=C[C@@H](OC(CC)CC)[C@@H]1NC(C)=O. The van der Waals surface area contributed by atoms with Gasteiger partial charge in [-0.15, -0.1) is 0 Å². The maximum absolute atomic E-state index is 12.7. The van der Waals surface area contributed by atoms with Gasteiger partial charge in [-0.3, -0.25) is 9.59 Å². The number of hydrogen-bond donors (Lipinski definition) is 3. The molecule has 0 saturated carbocycles. The normalized spacial score (nSPS) is 18.2. The van der Waals surface area contributed by atoms with Crippen LogP contribution < -0.4 is 10.6 Å². The van der Waals surface area contributed by atoms with Crippen LogP contribution in [0.4, 0.5) is 0 Å². The van der Waals surface area contributed by atoms with Gasteiger partial charge in [0, 0.05) is 31.1 Å². The lowest BCUT2D eigenvalue weighted by atomic mass is 9.87. The molecule has 1 aliphatic carbocycles. The van der Waals surface area contributed by atoms with Crippen molar-refractivity contribution in [3.63, 3.8) is 0 Å². The van der Waals surface area contributed by atoms with Gasteiger partial charge >= 0.3 is 11.9 Å². The van der Waals surface area contributed by atoms with Gasteiger partial charge in [0.25, 0.3) is 0 Å². The van der Waals surface area contributed by atoms with Crippen LogP contribution in [0.3, 0.4) is 0 Å². The summed E-state index contributed by atoms with van der Waals surface area (Å²) in [6.07, 6.45) is 24.6. The summed E-state index contributed by atoms with van der Waals surface area (Å²) in [5.74, 6) is -2.61. The first-order chi connectivity index (χ1) is 21.7. The Kier molecular flexibility index (Phi) is 22.9. The lowest BCUT2D eigenvalue weighted by molar-refractivity contribution is -0.138. The van der Waals surface area contributed by atoms with Crippen LogP contribution in [-0.4, -0.2) is 59.8 Å². The van der Waals surface area contributed by atoms with E-state index in [2.05, 4.69) is 17.6 Å². The molecule has 1 rings (SSSR count). The number of unbranched alkanes of at least 4 members (excludes halogenated alkanes) is 15. The molecule has 0 fully saturated rings. The van der Waals surface area contributed by atoms with Crippen molar-refractivity contribution in [1.82, 2.24) is 10.6 Å². The molecule has 0 aromatic heterocycles. The van der Waals surface area contributed by atoms with E-state index in [1.165, 1.54) is 96.5 Å². The van der Waals surface area contributed by atoms with Crippen LogP contribution in [0.2, 0.25) is 0 Å². The van der Waals surface area contributed by atoms with E-state index in [1.807, 2.05) is 13.8 Å². The average molecular weight is 635 g/mol. The first-order valence-electron chi connectivity index (χ1n) is 17.7. The summed E-state index contributed by atoms with van der Waals surface area (Å²) in [4.78, 5) is 48.6. The summed E-state index contributed by atoms with van der Waals surface area (Å²) < 4.78 is 11.4. The van der Waals surface area contributed by atoms with Crippen molar-refractivity contribution in [2.75, 3.05) is 6.61 Å². The predicted molar refractivity (Wildman–Crippen MR) is 179 cm³/mol. The second-order valence-electron chi connectivity index (χ2n) is 12.4. The van der Waals surface area contributed by atoms with Crippen LogP contribution in [-0.2, 0) is 28.7 Å². The van der Waals surface area contributed by atoms with E-state index in [9.17, 15) is 24.3 Å². The van der Waals surface area contributed by atoms with Crippen LogP contribution in [0.25, 0.3) is 0 Å². The van der Waals surface area contributed by atoms with Crippen molar-refractivity contribution >= 4 is 23.8 Å². The molecule has 0 saturated heterocycles. The second-order valence-corrected chi connectivity index (χ2v) is 12.4. The summed E-state index contributed by atoms with van der Waals surface area (Å²) >= 11 is 0. The van der Waals surface area contributed by atoms with Gasteiger partial charge in [-0.25, -0.2) is 9.59 Å². The fourth-order valence-electron chi connectivity index (χ4n) is 5.75. The Labute approximate surface area is 272 Å². The minimum absolute atomic E-state index is 0.00629. The van der Waals surface area contributed by atoms with Crippen LogP contribution in [0.5, 0.6) is 0 Å². The van der Waals surface area contributed by atoms with Gasteiger partial charge in [0.05, 0.1) is 30.9 Å². The number of carboxylic acids is 1. The van der Waals surface area contributed by atoms with E-state index in [1.54, 1.807) is 0 Å². The van der Waals surface area contributed by atoms with Crippen molar-refractivity contribution in [1.29, 1.82) is 0 Å². The van der Waals surface area contributed by atoms with Crippen molar-refractivity contribution in [2.45, 2.75) is 174 Å². The molecular weight excluding hydrogens is 572 g/mol. The molecule has 0 heterocycles. The number of esters is 1. The van der Waals surface area contributed by atoms with Gasteiger partial charge in [-0.1, -0.05) is 117 Å². The zero-order chi connectivity index (χ0) is 33.3. The maximum atomic E-state index is 12.7. The van der Waals surface area contributed by atoms with Gasteiger partial charge in [-0.05, 0) is 25.3 Å². The smallest absolute Gasteiger partial charge is 0.331 e. The van der Waals surface area contributed by atoms with E-state index < -0.39 is 36.0 Å². The van der Waals surface area contributed by atoms with Gasteiger partial charge in [-0.2, -0.15) is 0 Å². The second kappa shape index (κ2) is 25.5. The number of carbonyl (C=O) groups is 4. The molecule has 0 unspecified atom stereocenters. The Morgan fingerprint density at radius 2 is 1.31 bits per heavy atom. The lowest BCUT2D eigenvalue weighted by Crippen LogP contribution is -2.59. The number of aliphatic carboxylic acids is 1. The molecule has 3 N–H and O–H groups in total. The Balaban J connectivity index is 2.31. The van der Waals surface area contributed by atoms with E-state index in [0.29, 0.717) is 6.61 Å². The molecule has 0 radical (unpaired) electrons. The largest absolute Gasteiger partial charge is 0.478 e. The Morgan fingerprint density at radius 3 is 1.78 bits per heavy atom. The molecule has 0 aromatic carbocycles. The third-order valence-corrected chi connectivity index (χ3v) is 8.44. The van der Waals surface area contributed by atoms with E-state index in [0.717, 1.165) is 44.3 Å². The Bertz CT molecular complexity index is 913. The maximum Gasteiger partial charge on any atom is 0.331 e. The topological polar surface area (TPSA) is 131 Å². The third-order valence-electron chi connectivity index (χ3n) is 8.44. The standard InChI is InChI=1S/C36H62N2O7/c1-5-8-9-10-11-12-13-14-15-16-17-18-19-20-21-22-25-44-34(41)24-23-33(40)38-31-26-29(36(42)43)27-32(35(31)37-28(4)39)45-30(6-2)7-3/h23-24,27,30-32,35H,5-22,25-26H2,1-4H3,(H,37,39)(H,38,40)(H,42,43)/b24-23+/t31-,32-,35-/m1/s1. The number of carboxylic acid groups (broad SMARTS) is 1. The molecule has 45 heavy (non-hydrogen) atoms. The highest BCUT2D eigenvalue weighted by atomic mass is 16.5. The number of hydrogen-bond acceptors (Lipinski definition) is 6. The number of carbonyl (C=O) groups excluding carboxylic acids is 3. The van der Waals surface area contributed by atoms with Crippen LogP contribution in [0, 0.1) is 0 Å². The minimum Gasteiger partial charge on any atom is -0.478 e.